The van der Waals surface area contributed by atoms with Gasteiger partial charge in [-0.25, -0.2) is 4.79 Å². The van der Waals surface area contributed by atoms with Crippen LogP contribution in [0.3, 0.4) is 0 Å². The summed E-state index contributed by atoms with van der Waals surface area (Å²) in [6, 6.07) is 17.3. The van der Waals surface area contributed by atoms with E-state index in [0.29, 0.717) is 17.0 Å². The minimum Gasteiger partial charge on any atom is -0.455 e. The Morgan fingerprint density at radius 2 is 1.96 bits per heavy atom. The number of aromatic nitrogens is 2. The lowest BCUT2D eigenvalue weighted by Gasteiger charge is -2.01. The molecule has 0 spiro atoms. The number of nitrogens with one attached hydrogen (secondary N) is 1. The Morgan fingerprint density at radius 3 is 2.80 bits per heavy atom. The first kappa shape index (κ1) is 15.2. The maximum atomic E-state index is 12.3. The standard InChI is InChI=1S/C20H16N2O3/c1-13-6-8-14(9-7-13)19-10-15(22-25-19)12-24-20(23)17-11-21-18-5-3-2-4-16(17)18/h2-11,21H,12H2,1H3. The van der Waals surface area contributed by atoms with Crippen LogP contribution < -0.4 is 0 Å². The van der Waals surface area contributed by atoms with Gasteiger partial charge in [-0.1, -0.05) is 53.2 Å². The van der Waals surface area contributed by atoms with Gasteiger partial charge in [-0.3, -0.25) is 0 Å². The summed E-state index contributed by atoms with van der Waals surface area (Å²) < 4.78 is 10.7. The van der Waals surface area contributed by atoms with Gasteiger partial charge in [0.05, 0.1) is 5.56 Å². The number of nitrogens with zero attached hydrogens (tertiary/aromatic N) is 1. The predicted octanol–water partition coefficient (Wildman–Crippen LogP) is 4.49. The highest BCUT2D eigenvalue weighted by atomic mass is 16.5. The van der Waals surface area contributed by atoms with Crippen LogP contribution in [0.25, 0.3) is 22.2 Å². The minimum atomic E-state index is -0.391. The predicted molar refractivity (Wildman–Crippen MR) is 94.1 cm³/mol. The van der Waals surface area contributed by atoms with Gasteiger partial charge in [0, 0.05) is 28.7 Å². The summed E-state index contributed by atoms with van der Waals surface area (Å²) in [5, 5.41) is 4.81. The van der Waals surface area contributed by atoms with E-state index in [1.165, 1.54) is 5.56 Å². The largest absolute Gasteiger partial charge is 0.455 e. The molecule has 5 heteroatoms. The second kappa shape index (κ2) is 6.28. The highest BCUT2D eigenvalue weighted by Gasteiger charge is 2.14. The summed E-state index contributed by atoms with van der Waals surface area (Å²) in [7, 11) is 0. The lowest BCUT2D eigenvalue weighted by Crippen LogP contribution is -2.04. The number of aromatic amines is 1. The topological polar surface area (TPSA) is 68.1 Å². The monoisotopic (exact) mass is 332 g/mol. The molecule has 1 N–H and O–H groups in total. The van der Waals surface area contributed by atoms with Crippen LogP contribution in [0.15, 0.2) is 65.3 Å². The minimum absolute atomic E-state index is 0.0632. The number of rotatable bonds is 4. The quantitative estimate of drug-likeness (QED) is 0.559. The van der Waals surface area contributed by atoms with Crippen LogP contribution in [-0.4, -0.2) is 16.1 Å². The average molecular weight is 332 g/mol. The molecule has 0 saturated carbocycles. The third-order valence-electron chi connectivity index (χ3n) is 4.06. The van der Waals surface area contributed by atoms with E-state index in [1.54, 1.807) is 12.3 Å². The van der Waals surface area contributed by atoms with E-state index in [0.717, 1.165) is 16.5 Å². The Bertz CT molecular complexity index is 1030. The number of aryl methyl sites for hydroxylation is 1. The van der Waals surface area contributed by atoms with Crippen molar-refractivity contribution in [3.63, 3.8) is 0 Å². The van der Waals surface area contributed by atoms with Gasteiger partial charge in [-0.2, -0.15) is 0 Å². The number of benzene rings is 2. The van der Waals surface area contributed by atoms with Crippen molar-refractivity contribution < 1.29 is 14.1 Å². The first-order chi connectivity index (χ1) is 12.2. The number of hydrogen-bond donors (Lipinski definition) is 1. The fourth-order valence-electron chi connectivity index (χ4n) is 2.69. The summed E-state index contributed by atoms with van der Waals surface area (Å²) in [5.41, 5.74) is 4.10. The molecule has 0 saturated heterocycles. The molecular weight excluding hydrogens is 316 g/mol. The van der Waals surface area contributed by atoms with E-state index >= 15 is 0 Å². The first-order valence-corrected chi connectivity index (χ1v) is 7.96. The van der Waals surface area contributed by atoms with Crippen molar-refractivity contribution in [3.8, 4) is 11.3 Å². The van der Waals surface area contributed by atoms with Crippen LogP contribution in [0.2, 0.25) is 0 Å². The maximum Gasteiger partial charge on any atom is 0.340 e. The summed E-state index contributed by atoms with van der Waals surface area (Å²) in [6.45, 7) is 2.09. The third-order valence-corrected chi connectivity index (χ3v) is 4.06. The van der Waals surface area contributed by atoms with E-state index in [9.17, 15) is 4.79 Å². The fourth-order valence-corrected chi connectivity index (χ4v) is 2.69. The number of carbonyl (C=O) groups is 1. The summed E-state index contributed by atoms with van der Waals surface area (Å²) in [4.78, 5) is 15.4. The fraction of sp³-hybridized carbons (Fsp3) is 0.100. The molecule has 2 aromatic carbocycles. The molecule has 25 heavy (non-hydrogen) atoms. The average Bonchev–Trinajstić information content (AvgIpc) is 3.27. The van der Waals surface area contributed by atoms with Crippen molar-refractivity contribution in [1.82, 2.24) is 10.1 Å². The number of fused-ring (bicyclic) bond motifs is 1. The Morgan fingerprint density at radius 1 is 1.16 bits per heavy atom. The highest BCUT2D eigenvalue weighted by Crippen LogP contribution is 2.22. The van der Waals surface area contributed by atoms with Crippen molar-refractivity contribution in [1.29, 1.82) is 0 Å². The number of hydrogen-bond acceptors (Lipinski definition) is 4. The number of esters is 1. The van der Waals surface area contributed by atoms with E-state index in [-0.39, 0.29) is 6.61 Å². The summed E-state index contributed by atoms with van der Waals surface area (Å²) >= 11 is 0. The van der Waals surface area contributed by atoms with Crippen LogP contribution in [0.1, 0.15) is 21.6 Å². The van der Waals surface area contributed by atoms with Gasteiger partial charge in [0.15, 0.2) is 5.76 Å². The normalized spacial score (nSPS) is 10.9. The van der Waals surface area contributed by atoms with Crippen LogP contribution >= 0.6 is 0 Å². The number of carbonyl (C=O) groups excluding carboxylic acids is 1. The zero-order chi connectivity index (χ0) is 17.2. The summed E-state index contributed by atoms with van der Waals surface area (Å²) in [6.07, 6.45) is 1.66. The first-order valence-electron chi connectivity index (χ1n) is 7.96. The van der Waals surface area contributed by atoms with Gasteiger partial charge in [-0.15, -0.1) is 0 Å². The molecule has 124 valence electrons. The second-order valence-electron chi connectivity index (χ2n) is 5.87. The lowest BCUT2D eigenvalue weighted by atomic mass is 10.1. The van der Waals surface area contributed by atoms with Gasteiger partial charge >= 0.3 is 5.97 Å². The van der Waals surface area contributed by atoms with Crippen molar-refractivity contribution in [3.05, 3.63) is 77.6 Å². The molecule has 0 fully saturated rings. The van der Waals surface area contributed by atoms with Crippen molar-refractivity contribution in [2.24, 2.45) is 0 Å². The Balaban J connectivity index is 1.46. The zero-order valence-corrected chi connectivity index (χ0v) is 13.7. The molecular formula is C20H16N2O3. The molecule has 0 aliphatic rings. The Kier molecular flexibility index (Phi) is 3.82. The number of ether oxygens (including phenoxy) is 1. The number of H-pyrrole nitrogens is 1. The van der Waals surface area contributed by atoms with Crippen molar-refractivity contribution >= 4 is 16.9 Å². The van der Waals surface area contributed by atoms with E-state index in [2.05, 4.69) is 10.1 Å². The molecule has 4 rings (SSSR count). The highest BCUT2D eigenvalue weighted by molar-refractivity contribution is 6.03. The van der Waals surface area contributed by atoms with E-state index < -0.39 is 5.97 Å². The molecule has 0 bridgehead atoms. The third kappa shape index (κ3) is 3.04. The van der Waals surface area contributed by atoms with Gasteiger partial charge in [0.2, 0.25) is 0 Å². The molecule has 2 heterocycles. The lowest BCUT2D eigenvalue weighted by molar-refractivity contribution is 0.0466. The van der Waals surface area contributed by atoms with Gasteiger partial charge in [-0.05, 0) is 13.0 Å². The maximum absolute atomic E-state index is 12.3. The van der Waals surface area contributed by atoms with Crippen LogP contribution in [-0.2, 0) is 11.3 Å². The number of para-hydroxylation sites is 1. The van der Waals surface area contributed by atoms with E-state index in [4.69, 9.17) is 9.26 Å². The van der Waals surface area contributed by atoms with Gasteiger partial charge in [0.25, 0.3) is 0 Å². The molecule has 0 aliphatic heterocycles. The molecule has 2 aromatic heterocycles. The second-order valence-corrected chi connectivity index (χ2v) is 5.87. The molecule has 4 aromatic rings. The van der Waals surface area contributed by atoms with Crippen molar-refractivity contribution in [2.45, 2.75) is 13.5 Å². The molecule has 0 amide bonds. The molecule has 0 radical (unpaired) electrons. The zero-order valence-electron chi connectivity index (χ0n) is 13.7. The van der Waals surface area contributed by atoms with Gasteiger partial charge < -0.3 is 14.2 Å². The molecule has 0 unspecified atom stereocenters. The van der Waals surface area contributed by atoms with Crippen LogP contribution in [0, 0.1) is 6.92 Å². The van der Waals surface area contributed by atoms with Crippen LogP contribution in [0.5, 0.6) is 0 Å². The Labute approximate surface area is 144 Å². The van der Waals surface area contributed by atoms with E-state index in [1.807, 2.05) is 55.5 Å². The van der Waals surface area contributed by atoms with Crippen molar-refractivity contribution in [2.75, 3.05) is 0 Å². The molecule has 5 nitrogen and oxygen atoms in total. The summed E-state index contributed by atoms with van der Waals surface area (Å²) in [5.74, 6) is 0.260. The van der Waals surface area contributed by atoms with Crippen LogP contribution in [0.4, 0.5) is 0 Å². The smallest absolute Gasteiger partial charge is 0.340 e. The molecule has 0 aliphatic carbocycles. The van der Waals surface area contributed by atoms with Gasteiger partial charge in [0.1, 0.15) is 12.3 Å². The Hall–Kier alpha value is -3.34. The SMILES string of the molecule is Cc1ccc(-c2cc(COC(=O)c3c[nH]c4ccccc34)no2)cc1. The molecule has 0 atom stereocenters.